The van der Waals surface area contributed by atoms with Crippen molar-refractivity contribution in [3.8, 4) is 0 Å². The number of rotatable bonds is 2. The molecule has 1 atom stereocenters. The van der Waals surface area contributed by atoms with E-state index in [4.69, 9.17) is 0 Å². The van der Waals surface area contributed by atoms with Crippen LogP contribution in [-0.4, -0.2) is 6.04 Å². The average molecular weight is 289 g/mol. The predicted octanol–water partition coefficient (Wildman–Crippen LogP) is 5.01. The highest BCUT2D eigenvalue weighted by molar-refractivity contribution is 5.35. The number of benzene rings is 1. The third kappa shape index (κ3) is 3.15. The van der Waals surface area contributed by atoms with Gasteiger partial charge in [0.25, 0.3) is 0 Å². The van der Waals surface area contributed by atoms with Crippen molar-refractivity contribution in [1.82, 2.24) is 5.32 Å². The number of fused-ring (bicyclic) bond motifs is 1. The Bertz CT molecular complexity index is 516. The molecule has 2 aliphatic rings. The topological polar surface area (TPSA) is 12.0 Å². The van der Waals surface area contributed by atoms with E-state index in [2.05, 4.69) is 39.1 Å². The Kier molecular flexibility index (Phi) is 3.64. The Morgan fingerprint density at radius 2 is 1.76 bits per heavy atom. The van der Waals surface area contributed by atoms with E-state index in [1.807, 2.05) is 6.07 Å². The summed E-state index contributed by atoms with van der Waals surface area (Å²) in [6, 6.07) is 6.42. The summed E-state index contributed by atoms with van der Waals surface area (Å²) in [5.41, 5.74) is 2.91. The lowest BCUT2D eigenvalue weighted by atomic mass is 9.63. The molecule has 0 saturated heterocycles. The molecule has 116 valence electrons. The van der Waals surface area contributed by atoms with Crippen LogP contribution in [0.15, 0.2) is 18.2 Å². The van der Waals surface area contributed by atoms with Crippen LogP contribution in [0, 0.1) is 16.6 Å². The molecule has 1 aromatic carbocycles. The quantitative estimate of drug-likeness (QED) is 0.807. The van der Waals surface area contributed by atoms with Crippen molar-refractivity contribution in [2.24, 2.45) is 10.8 Å². The predicted molar refractivity (Wildman–Crippen MR) is 85.8 cm³/mol. The summed E-state index contributed by atoms with van der Waals surface area (Å²) < 4.78 is 13.9. The van der Waals surface area contributed by atoms with Crippen LogP contribution in [0.3, 0.4) is 0 Å². The van der Waals surface area contributed by atoms with E-state index >= 15 is 0 Å². The minimum Gasteiger partial charge on any atom is -0.307 e. The molecule has 21 heavy (non-hydrogen) atoms. The molecular weight excluding hydrogens is 261 g/mol. The van der Waals surface area contributed by atoms with Gasteiger partial charge in [-0.1, -0.05) is 39.8 Å². The highest BCUT2D eigenvalue weighted by Crippen LogP contribution is 2.46. The molecule has 0 radical (unpaired) electrons. The van der Waals surface area contributed by atoms with Crippen LogP contribution in [0.25, 0.3) is 0 Å². The van der Waals surface area contributed by atoms with Gasteiger partial charge >= 0.3 is 0 Å². The lowest BCUT2D eigenvalue weighted by Crippen LogP contribution is -2.44. The van der Waals surface area contributed by atoms with E-state index in [9.17, 15) is 4.39 Å². The second-order valence-corrected chi connectivity index (χ2v) is 8.68. The van der Waals surface area contributed by atoms with Crippen LogP contribution in [0.5, 0.6) is 0 Å². The highest BCUT2D eigenvalue weighted by Gasteiger charge is 2.39. The van der Waals surface area contributed by atoms with Crippen molar-refractivity contribution in [3.63, 3.8) is 0 Å². The average Bonchev–Trinajstić information content (AvgIpc) is 2.70. The van der Waals surface area contributed by atoms with Crippen LogP contribution in [-0.2, 0) is 6.42 Å². The Balaban J connectivity index is 1.75. The molecule has 1 aromatic rings. The number of nitrogens with one attached hydrogen (secondary N) is 1. The van der Waals surface area contributed by atoms with Gasteiger partial charge in [0.1, 0.15) is 5.82 Å². The maximum Gasteiger partial charge on any atom is 0.126 e. The molecule has 0 heterocycles. The third-order valence-electron chi connectivity index (χ3n) is 5.21. The van der Waals surface area contributed by atoms with Crippen LogP contribution >= 0.6 is 0 Å². The van der Waals surface area contributed by atoms with Crippen LogP contribution < -0.4 is 5.32 Å². The number of halogens is 1. The molecule has 0 bridgehead atoms. The molecular formula is C19H28FN. The minimum absolute atomic E-state index is 0.0268. The minimum atomic E-state index is -0.0268. The van der Waals surface area contributed by atoms with Gasteiger partial charge in [0.2, 0.25) is 0 Å². The van der Waals surface area contributed by atoms with Crippen LogP contribution in [0.2, 0.25) is 0 Å². The fourth-order valence-corrected chi connectivity index (χ4v) is 5.03. The molecule has 0 aliphatic heterocycles. The zero-order chi connectivity index (χ0) is 15.3. The van der Waals surface area contributed by atoms with Gasteiger partial charge in [-0.3, -0.25) is 0 Å². The summed E-state index contributed by atoms with van der Waals surface area (Å²) in [5.74, 6) is -0.0268. The zero-order valence-corrected chi connectivity index (χ0v) is 13.8. The highest BCUT2D eigenvalue weighted by atomic mass is 19.1. The molecule has 1 N–H and O–H groups in total. The zero-order valence-electron chi connectivity index (χ0n) is 13.8. The van der Waals surface area contributed by atoms with Gasteiger partial charge < -0.3 is 5.32 Å². The second-order valence-electron chi connectivity index (χ2n) is 8.68. The Morgan fingerprint density at radius 3 is 2.43 bits per heavy atom. The fraction of sp³-hybridized carbons (Fsp3) is 0.684. The summed E-state index contributed by atoms with van der Waals surface area (Å²) >= 11 is 0. The maximum absolute atomic E-state index is 13.9. The number of hydrogen-bond donors (Lipinski definition) is 1. The molecule has 1 fully saturated rings. The van der Waals surface area contributed by atoms with E-state index in [1.54, 1.807) is 6.07 Å². The fourth-order valence-electron chi connectivity index (χ4n) is 5.03. The van der Waals surface area contributed by atoms with Gasteiger partial charge in [-0.15, -0.1) is 0 Å². The van der Waals surface area contributed by atoms with E-state index in [1.165, 1.54) is 24.8 Å². The maximum atomic E-state index is 13.9. The van der Waals surface area contributed by atoms with Crippen molar-refractivity contribution in [2.45, 2.75) is 71.9 Å². The van der Waals surface area contributed by atoms with Gasteiger partial charge in [0.05, 0.1) is 0 Å². The largest absolute Gasteiger partial charge is 0.307 e. The number of hydrogen-bond acceptors (Lipinski definition) is 1. The van der Waals surface area contributed by atoms with Crippen LogP contribution in [0.1, 0.15) is 70.5 Å². The summed E-state index contributed by atoms with van der Waals surface area (Å²) in [5, 5.41) is 3.85. The first-order valence-corrected chi connectivity index (χ1v) is 8.29. The molecule has 1 unspecified atom stereocenters. The van der Waals surface area contributed by atoms with E-state index in [0.29, 0.717) is 22.9 Å². The van der Waals surface area contributed by atoms with Gasteiger partial charge in [-0.2, -0.15) is 0 Å². The van der Waals surface area contributed by atoms with Crippen molar-refractivity contribution < 1.29 is 4.39 Å². The first kappa shape index (κ1) is 15.0. The molecule has 0 aromatic heterocycles. The summed E-state index contributed by atoms with van der Waals surface area (Å²) in [4.78, 5) is 0. The second kappa shape index (κ2) is 5.08. The SMILES string of the molecule is CC1(C)CC(NC2CCc3c(F)cccc32)CC(C)(C)C1. The van der Waals surface area contributed by atoms with Gasteiger partial charge in [-0.25, -0.2) is 4.39 Å². The van der Waals surface area contributed by atoms with Crippen LogP contribution in [0.4, 0.5) is 4.39 Å². The van der Waals surface area contributed by atoms with E-state index in [-0.39, 0.29) is 5.82 Å². The molecule has 0 spiro atoms. The molecule has 2 aliphatic carbocycles. The smallest absolute Gasteiger partial charge is 0.126 e. The lowest BCUT2D eigenvalue weighted by molar-refractivity contribution is 0.0802. The first-order valence-electron chi connectivity index (χ1n) is 8.29. The molecule has 2 heteroatoms. The third-order valence-corrected chi connectivity index (χ3v) is 5.21. The summed E-state index contributed by atoms with van der Waals surface area (Å²) in [6.07, 6.45) is 5.63. The summed E-state index contributed by atoms with van der Waals surface area (Å²) in [6.45, 7) is 9.52. The Hall–Kier alpha value is -0.890. The monoisotopic (exact) mass is 289 g/mol. The van der Waals surface area contributed by atoms with E-state index < -0.39 is 0 Å². The van der Waals surface area contributed by atoms with Crippen molar-refractivity contribution in [1.29, 1.82) is 0 Å². The van der Waals surface area contributed by atoms with Crippen molar-refractivity contribution >= 4 is 0 Å². The Labute approximate surface area is 128 Å². The van der Waals surface area contributed by atoms with E-state index in [0.717, 1.165) is 18.4 Å². The molecule has 1 saturated carbocycles. The van der Waals surface area contributed by atoms with Crippen molar-refractivity contribution in [2.75, 3.05) is 0 Å². The molecule has 1 nitrogen and oxygen atoms in total. The lowest BCUT2D eigenvalue weighted by Gasteiger charge is -2.46. The summed E-state index contributed by atoms with van der Waals surface area (Å²) in [7, 11) is 0. The van der Waals surface area contributed by atoms with Gasteiger partial charge in [0, 0.05) is 12.1 Å². The Morgan fingerprint density at radius 1 is 1.10 bits per heavy atom. The standard InChI is InChI=1S/C19H28FN/c1-18(2)10-13(11-19(3,4)12-18)21-17-9-8-14-15(17)6-5-7-16(14)20/h5-7,13,17,21H,8-12H2,1-4H3. The molecule has 3 rings (SSSR count). The van der Waals surface area contributed by atoms with Crippen molar-refractivity contribution in [3.05, 3.63) is 35.1 Å². The van der Waals surface area contributed by atoms with Gasteiger partial charge in [0.15, 0.2) is 0 Å². The normalized spacial score (nSPS) is 27.6. The van der Waals surface area contributed by atoms with Gasteiger partial charge in [-0.05, 0) is 60.1 Å². The first-order chi connectivity index (χ1) is 9.76. The molecule has 0 amide bonds.